The van der Waals surface area contributed by atoms with Crippen molar-refractivity contribution in [3.05, 3.63) is 0 Å². The Bertz CT molecular complexity index is 326. The lowest BCUT2D eigenvalue weighted by molar-refractivity contribution is -0.140. The average Bonchev–Trinajstić information content (AvgIpc) is 2.84. The second kappa shape index (κ2) is 9.73. The molecule has 1 amide bonds. The SMILES string of the molecule is COCCOCCCNC(=O)CC1(CC(=O)O)CCCC1. The summed E-state index contributed by atoms with van der Waals surface area (Å²) in [6.45, 7) is 2.29. The van der Waals surface area contributed by atoms with Gasteiger partial charge in [0.05, 0.1) is 19.6 Å². The van der Waals surface area contributed by atoms with Crippen LogP contribution in [0.1, 0.15) is 44.9 Å². The number of nitrogens with one attached hydrogen (secondary N) is 1. The summed E-state index contributed by atoms with van der Waals surface area (Å²) in [6, 6.07) is 0. The van der Waals surface area contributed by atoms with Crippen LogP contribution in [0.4, 0.5) is 0 Å². The van der Waals surface area contributed by atoms with Gasteiger partial charge in [-0.2, -0.15) is 0 Å². The molecule has 0 bridgehead atoms. The maximum atomic E-state index is 12.0. The molecule has 1 aliphatic carbocycles. The summed E-state index contributed by atoms with van der Waals surface area (Å²) >= 11 is 0. The Morgan fingerprint density at radius 1 is 1.14 bits per heavy atom. The Balaban J connectivity index is 2.18. The van der Waals surface area contributed by atoms with Crippen molar-refractivity contribution in [3.63, 3.8) is 0 Å². The molecule has 0 aromatic rings. The van der Waals surface area contributed by atoms with Crippen molar-refractivity contribution in [3.8, 4) is 0 Å². The van der Waals surface area contributed by atoms with Gasteiger partial charge in [-0.05, 0) is 24.7 Å². The summed E-state index contributed by atoms with van der Waals surface area (Å²) in [7, 11) is 1.62. The Morgan fingerprint density at radius 2 is 1.86 bits per heavy atom. The number of hydrogen-bond acceptors (Lipinski definition) is 4. The van der Waals surface area contributed by atoms with Gasteiger partial charge in [0.2, 0.25) is 5.91 Å². The van der Waals surface area contributed by atoms with Gasteiger partial charge in [-0.3, -0.25) is 9.59 Å². The Morgan fingerprint density at radius 3 is 2.48 bits per heavy atom. The highest BCUT2D eigenvalue weighted by atomic mass is 16.5. The van der Waals surface area contributed by atoms with Gasteiger partial charge < -0.3 is 19.9 Å². The van der Waals surface area contributed by atoms with Crippen LogP contribution in [0.15, 0.2) is 0 Å². The molecule has 0 unspecified atom stereocenters. The van der Waals surface area contributed by atoms with E-state index in [1.54, 1.807) is 7.11 Å². The third-order valence-electron chi connectivity index (χ3n) is 3.95. The first-order valence-corrected chi connectivity index (χ1v) is 7.63. The third kappa shape index (κ3) is 7.43. The highest BCUT2D eigenvalue weighted by Gasteiger charge is 2.37. The van der Waals surface area contributed by atoms with Gasteiger partial charge in [0.25, 0.3) is 0 Å². The van der Waals surface area contributed by atoms with Crippen LogP contribution in [0.5, 0.6) is 0 Å². The first kappa shape index (κ1) is 17.9. The maximum Gasteiger partial charge on any atom is 0.303 e. The van der Waals surface area contributed by atoms with E-state index in [0.717, 1.165) is 32.1 Å². The zero-order valence-electron chi connectivity index (χ0n) is 12.9. The lowest BCUT2D eigenvalue weighted by atomic mass is 9.79. The van der Waals surface area contributed by atoms with Gasteiger partial charge in [0.15, 0.2) is 0 Å². The molecular weight excluding hydrogens is 274 g/mol. The molecule has 0 heterocycles. The summed E-state index contributed by atoms with van der Waals surface area (Å²) < 4.78 is 10.2. The third-order valence-corrected chi connectivity index (χ3v) is 3.95. The van der Waals surface area contributed by atoms with Gasteiger partial charge in [0.1, 0.15) is 0 Å². The lowest BCUT2D eigenvalue weighted by Crippen LogP contribution is -2.32. The summed E-state index contributed by atoms with van der Waals surface area (Å²) in [4.78, 5) is 22.9. The van der Waals surface area contributed by atoms with Crippen LogP contribution in [-0.4, -0.2) is 50.5 Å². The van der Waals surface area contributed by atoms with Gasteiger partial charge in [-0.1, -0.05) is 12.8 Å². The first-order valence-electron chi connectivity index (χ1n) is 7.63. The van der Waals surface area contributed by atoms with Gasteiger partial charge in [-0.25, -0.2) is 0 Å². The Kier molecular flexibility index (Phi) is 8.30. The normalized spacial score (nSPS) is 16.8. The van der Waals surface area contributed by atoms with Crippen molar-refractivity contribution in [2.24, 2.45) is 5.41 Å². The Hall–Kier alpha value is -1.14. The molecule has 0 aromatic heterocycles. The van der Waals surface area contributed by atoms with Crippen LogP contribution in [-0.2, 0) is 19.1 Å². The minimum Gasteiger partial charge on any atom is -0.481 e. The minimum absolute atomic E-state index is 0.0463. The maximum absolute atomic E-state index is 12.0. The van der Waals surface area contributed by atoms with Gasteiger partial charge in [-0.15, -0.1) is 0 Å². The largest absolute Gasteiger partial charge is 0.481 e. The van der Waals surface area contributed by atoms with E-state index in [0.29, 0.717) is 32.8 Å². The van der Waals surface area contributed by atoms with Crippen molar-refractivity contribution in [2.45, 2.75) is 44.9 Å². The van der Waals surface area contributed by atoms with Crippen LogP contribution in [0, 0.1) is 5.41 Å². The molecule has 0 aromatic carbocycles. The fourth-order valence-electron chi connectivity index (χ4n) is 2.91. The molecule has 122 valence electrons. The number of amides is 1. The average molecular weight is 301 g/mol. The van der Waals surface area contributed by atoms with Crippen molar-refractivity contribution in [2.75, 3.05) is 33.5 Å². The number of carboxylic acid groups (broad SMARTS) is 1. The number of methoxy groups -OCH3 is 1. The molecule has 1 saturated carbocycles. The molecule has 1 aliphatic rings. The summed E-state index contributed by atoms with van der Waals surface area (Å²) in [6.07, 6.45) is 4.90. The van der Waals surface area contributed by atoms with Gasteiger partial charge >= 0.3 is 5.97 Å². The smallest absolute Gasteiger partial charge is 0.303 e. The monoisotopic (exact) mass is 301 g/mol. The van der Waals surface area contributed by atoms with Crippen molar-refractivity contribution < 1.29 is 24.2 Å². The molecule has 6 nitrogen and oxygen atoms in total. The van der Waals surface area contributed by atoms with Crippen LogP contribution < -0.4 is 5.32 Å². The summed E-state index contributed by atoms with van der Waals surface area (Å²) in [5, 5.41) is 11.9. The van der Waals surface area contributed by atoms with E-state index in [1.807, 2.05) is 0 Å². The number of carboxylic acids is 1. The van der Waals surface area contributed by atoms with E-state index in [-0.39, 0.29) is 17.7 Å². The quantitative estimate of drug-likeness (QED) is 0.566. The van der Waals surface area contributed by atoms with Gasteiger partial charge in [0, 0.05) is 26.7 Å². The molecule has 1 rings (SSSR count). The molecule has 0 saturated heterocycles. The molecule has 2 N–H and O–H groups in total. The first-order chi connectivity index (χ1) is 10.1. The zero-order chi connectivity index (χ0) is 15.6. The number of ether oxygens (including phenoxy) is 2. The fourth-order valence-corrected chi connectivity index (χ4v) is 2.91. The zero-order valence-corrected chi connectivity index (χ0v) is 12.9. The predicted octanol–water partition coefficient (Wildman–Crippen LogP) is 1.58. The van der Waals surface area contributed by atoms with E-state index < -0.39 is 5.97 Å². The van der Waals surface area contributed by atoms with E-state index in [2.05, 4.69) is 5.32 Å². The highest BCUT2D eigenvalue weighted by Crippen LogP contribution is 2.43. The number of carbonyl (C=O) groups excluding carboxylic acids is 1. The van der Waals surface area contributed by atoms with Crippen molar-refractivity contribution >= 4 is 11.9 Å². The molecule has 0 aliphatic heterocycles. The number of aliphatic carboxylic acids is 1. The predicted molar refractivity (Wildman–Crippen MR) is 78.1 cm³/mol. The minimum atomic E-state index is -0.809. The second-order valence-electron chi connectivity index (χ2n) is 5.76. The van der Waals surface area contributed by atoms with E-state index >= 15 is 0 Å². The molecule has 0 spiro atoms. The highest BCUT2D eigenvalue weighted by molar-refractivity contribution is 5.78. The lowest BCUT2D eigenvalue weighted by Gasteiger charge is -2.26. The Labute approximate surface area is 126 Å². The van der Waals surface area contributed by atoms with Crippen molar-refractivity contribution in [1.82, 2.24) is 5.32 Å². The van der Waals surface area contributed by atoms with E-state index in [9.17, 15) is 9.59 Å². The molecule has 1 fully saturated rings. The fraction of sp³-hybridized carbons (Fsp3) is 0.867. The number of carbonyl (C=O) groups is 2. The molecule has 21 heavy (non-hydrogen) atoms. The summed E-state index contributed by atoms with van der Waals surface area (Å²) in [5.74, 6) is -0.855. The van der Waals surface area contributed by atoms with Crippen molar-refractivity contribution in [1.29, 1.82) is 0 Å². The molecule has 0 radical (unpaired) electrons. The number of rotatable bonds is 11. The topological polar surface area (TPSA) is 84.9 Å². The van der Waals surface area contributed by atoms with E-state index in [4.69, 9.17) is 14.6 Å². The standard InChI is InChI=1S/C15H27NO5/c1-20-9-10-21-8-4-7-16-13(17)11-15(12-14(18)19)5-2-3-6-15/h2-12H2,1H3,(H,16,17)(H,18,19). The molecule has 0 atom stereocenters. The van der Waals surface area contributed by atoms with Crippen LogP contribution in [0.3, 0.4) is 0 Å². The molecular formula is C15H27NO5. The number of hydrogen-bond donors (Lipinski definition) is 2. The van der Waals surface area contributed by atoms with Crippen LogP contribution in [0.25, 0.3) is 0 Å². The second-order valence-corrected chi connectivity index (χ2v) is 5.76. The van der Waals surface area contributed by atoms with Crippen LogP contribution in [0.2, 0.25) is 0 Å². The van der Waals surface area contributed by atoms with Crippen LogP contribution >= 0.6 is 0 Å². The van der Waals surface area contributed by atoms with E-state index in [1.165, 1.54) is 0 Å². The summed E-state index contributed by atoms with van der Waals surface area (Å²) in [5.41, 5.74) is -0.328. The molecule has 6 heteroatoms.